The monoisotopic (exact) mass is 218 g/mol. The molecule has 0 aromatic carbocycles. The number of anilines is 1. The maximum absolute atomic E-state index is 11.8. The van der Waals surface area contributed by atoms with Crippen molar-refractivity contribution >= 4 is 11.6 Å². The van der Waals surface area contributed by atoms with E-state index in [0.717, 1.165) is 30.8 Å². The minimum Gasteiger partial charge on any atom is -0.346 e. The number of hydrogen-bond donors (Lipinski definition) is 0. The van der Waals surface area contributed by atoms with Crippen LogP contribution in [0.2, 0.25) is 0 Å². The highest BCUT2D eigenvalue weighted by atomic mass is 16.1. The van der Waals surface area contributed by atoms with E-state index >= 15 is 0 Å². The van der Waals surface area contributed by atoms with E-state index in [-0.39, 0.29) is 6.04 Å². The summed E-state index contributed by atoms with van der Waals surface area (Å²) < 4.78 is 0. The lowest BCUT2D eigenvalue weighted by Gasteiger charge is -2.25. The maximum Gasteiger partial charge on any atom is 0.155 e. The number of aromatic nitrogens is 1. The van der Waals surface area contributed by atoms with E-state index in [1.54, 1.807) is 6.20 Å². The molecular formula is C13H18N2O. The van der Waals surface area contributed by atoms with Gasteiger partial charge in [-0.25, -0.2) is 4.98 Å². The van der Waals surface area contributed by atoms with E-state index in [0.29, 0.717) is 12.2 Å². The molecule has 3 nitrogen and oxygen atoms in total. The molecule has 0 bridgehead atoms. The molecule has 1 saturated heterocycles. The summed E-state index contributed by atoms with van der Waals surface area (Å²) in [5, 5.41) is 0. The molecule has 1 aliphatic heterocycles. The summed E-state index contributed by atoms with van der Waals surface area (Å²) >= 11 is 0. The number of aryl methyl sites for hydroxylation is 1. The predicted octanol–water partition coefficient (Wildman–Crippen LogP) is 2.34. The van der Waals surface area contributed by atoms with Gasteiger partial charge in [0.15, 0.2) is 5.78 Å². The smallest absolute Gasteiger partial charge is 0.155 e. The number of nitrogens with zero attached hydrogens (tertiary/aromatic N) is 2. The van der Waals surface area contributed by atoms with Gasteiger partial charge in [0.2, 0.25) is 0 Å². The Hall–Kier alpha value is -1.38. The van der Waals surface area contributed by atoms with Crippen molar-refractivity contribution in [1.29, 1.82) is 0 Å². The summed E-state index contributed by atoms with van der Waals surface area (Å²) in [5.41, 5.74) is 1.15. The number of carbonyl (C=O) groups is 1. The van der Waals surface area contributed by atoms with E-state index in [2.05, 4.69) is 9.88 Å². The Balaban J connectivity index is 2.27. The molecule has 3 heteroatoms. The van der Waals surface area contributed by atoms with Gasteiger partial charge in [0.05, 0.1) is 6.04 Å². The molecule has 0 amide bonds. The summed E-state index contributed by atoms with van der Waals surface area (Å²) in [4.78, 5) is 18.4. The van der Waals surface area contributed by atoms with E-state index in [9.17, 15) is 4.79 Å². The quantitative estimate of drug-likeness (QED) is 0.780. The van der Waals surface area contributed by atoms with Crippen LogP contribution in [0.4, 0.5) is 5.82 Å². The van der Waals surface area contributed by atoms with Gasteiger partial charge in [0, 0.05) is 19.2 Å². The van der Waals surface area contributed by atoms with Gasteiger partial charge in [0.25, 0.3) is 0 Å². The fraction of sp³-hybridized carbons (Fsp3) is 0.538. The summed E-state index contributed by atoms with van der Waals surface area (Å²) in [6.45, 7) is 4.94. The van der Waals surface area contributed by atoms with E-state index in [1.165, 1.54) is 0 Å². The number of Topliss-reactive ketones (excluding diaryl/α,β-unsaturated/α-hetero) is 1. The third-order valence-electron chi connectivity index (χ3n) is 3.23. The summed E-state index contributed by atoms with van der Waals surface area (Å²) in [6.07, 6.45) is 4.48. The molecule has 0 radical (unpaired) electrons. The summed E-state index contributed by atoms with van der Waals surface area (Å²) in [6, 6.07) is 4.04. The molecule has 1 fully saturated rings. The molecule has 1 atom stereocenters. The van der Waals surface area contributed by atoms with Crippen LogP contribution in [0.15, 0.2) is 18.3 Å². The third-order valence-corrected chi connectivity index (χ3v) is 3.23. The standard InChI is InChI=1S/C13H18N2O/c1-3-12(16)11-7-5-9-15(11)13-10(2)6-4-8-14-13/h4,6,8,11H,3,5,7,9H2,1-2H3. The first-order valence-corrected chi connectivity index (χ1v) is 5.95. The second-order valence-electron chi connectivity index (χ2n) is 4.32. The van der Waals surface area contributed by atoms with E-state index in [4.69, 9.17) is 0 Å². The van der Waals surface area contributed by atoms with Crippen LogP contribution in [0.5, 0.6) is 0 Å². The molecule has 0 spiro atoms. The Morgan fingerprint density at radius 2 is 2.44 bits per heavy atom. The van der Waals surface area contributed by atoms with Gasteiger partial charge >= 0.3 is 0 Å². The molecule has 1 aromatic rings. The summed E-state index contributed by atoms with van der Waals surface area (Å²) in [5.74, 6) is 1.31. The van der Waals surface area contributed by atoms with Gasteiger partial charge in [-0.2, -0.15) is 0 Å². The van der Waals surface area contributed by atoms with Gasteiger partial charge < -0.3 is 4.90 Å². The molecule has 0 saturated carbocycles. The Kier molecular flexibility index (Phi) is 3.22. The molecule has 2 rings (SSSR count). The molecule has 0 aliphatic carbocycles. The topological polar surface area (TPSA) is 33.2 Å². The Bertz CT molecular complexity index is 389. The maximum atomic E-state index is 11.8. The number of rotatable bonds is 3. The average Bonchev–Trinajstić information content (AvgIpc) is 2.77. The largest absolute Gasteiger partial charge is 0.346 e. The number of ketones is 1. The predicted molar refractivity (Wildman–Crippen MR) is 64.6 cm³/mol. The number of pyridine rings is 1. The van der Waals surface area contributed by atoms with Crippen molar-refractivity contribution in [2.24, 2.45) is 0 Å². The van der Waals surface area contributed by atoms with Crippen LogP contribution in [0.25, 0.3) is 0 Å². The molecule has 2 heterocycles. The molecule has 16 heavy (non-hydrogen) atoms. The SMILES string of the molecule is CCC(=O)C1CCCN1c1ncccc1C. The van der Waals surface area contributed by atoms with Gasteiger partial charge in [-0.3, -0.25) is 4.79 Å². The third kappa shape index (κ3) is 1.94. The molecule has 1 aliphatic rings. The highest BCUT2D eigenvalue weighted by Gasteiger charge is 2.30. The highest BCUT2D eigenvalue weighted by molar-refractivity contribution is 5.87. The summed E-state index contributed by atoms with van der Waals surface area (Å²) in [7, 11) is 0. The zero-order chi connectivity index (χ0) is 11.5. The van der Waals surface area contributed by atoms with Crippen molar-refractivity contribution < 1.29 is 4.79 Å². The van der Waals surface area contributed by atoms with Crippen molar-refractivity contribution in [1.82, 2.24) is 4.98 Å². The van der Waals surface area contributed by atoms with Crippen molar-refractivity contribution in [2.75, 3.05) is 11.4 Å². The van der Waals surface area contributed by atoms with Crippen molar-refractivity contribution in [3.8, 4) is 0 Å². The molecule has 1 unspecified atom stereocenters. The zero-order valence-corrected chi connectivity index (χ0v) is 9.94. The van der Waals surface area contributed by atoms with Gasteiger partial charge in [-0.1, -0.05) is 13.0 Å². The van der Waals surface area contributed by atoms with Crippen LogP contribution >= 0.6 is 0 Å². The lowest BCUT2D eigenvalue weighted by Crippen LogP contribution is -2.36. The Morgan fingerprint density at radius 1 is 1.62 bits per heavy atom. The molecular weight excluding hydrogens is 200 g/mol. The van der Waals surface area contributed by atoms with Crippen LogP contribution in [0.3, 0.4) is 0 Å². The first-order chi connectivity index (χ1) is 7.74. The minimum absolute atomic E-state index is 0.0543. The first-order valence-electron chi connectivity index (χ1n) is 5.95. The molecule has 0 N–H and O–H groups in total. The lowest BCUT2D eigenvalue weighted by atomic mass is 10.1. The number of carbonyl (C=O) groups excluding carboxylic acids is 1. The fourth-order valence-electron chi connectivity index (χ4n) is 2.37. The van der Waals surface area contributed by atoms with E-state index in [1.807, 2.05) is 26.0 Å². The highest BCUT2D eigenvalue weighted by Crippen LogP contribution is 2.27. The van der Waals surface area contributed by atoms with Crippen molar-refractivity contribution in [2.45, 2.75) is 39.2 Å². The second-order valence-corrected chi connectivity index (χ2v) is 4.32. The van der Waals surface area contributed by atoms with Crippen LogP contribution in [-0.2, 0) is 4.79 Å². The van der Waals surface area contributed by atoms with Gasteiger partial charge in [-0.15, -0.1) is 0 Å². The van der Waals surface area contributed by atoms with Gasteiger partial charge in [-0.05, 0) is 31.4 Å². The molecule has 86 valence electrons. The van der Waals surface area contributed by atoms with Gasteiger partial charge in [0.1, 0.15) is 5.82 Å². The zero-order valence-electron chi connectivity index (χ0n) is 9.94. The molecule has 1 aromatic heterocycles. The van der Waals surface area contributed by atoms with Crippen LogP contribution in [-0.4, -0.2) is 23.4 Å². The van der Waals surface area contributed by atoms with Crippen molar-refractivity contribution in [3.63, 3.8) is 0 Å². The number of hydrogen-bond acceptors (Lipinski definition) is 3. The van der Waals surface area contributed by atoms with Crippen molar-refractivity contribution in [3.05, 3.63) is 23.9 Å². The first kappa shape index (κ1) is 11.1. The second kappa shape index (κ2) is 4.64. The fourth-order valence-corrected chi connectivity index (χ4v) is 2.37. The Morgan fingerprint density at radius 3 is 3.12 bits per heavy atom. The average molecular weight is 218 g/mol. The lowest BCUT2D eigenvalue weighted by molar-refractivity contribution is -0.119. The Labute approximate surface area is 96.5 Å². The van der Waals surface area contributed by atoms with Crippen LogP contribution in [0, 0.1) is 6.92 Å². The normalized spacial score (nSPS) is 20.1. The van der Waals surface area contributed by atoms with Crippen LogP contribution in [0.1, 0.15) is 31.7 Å². The van der Waals surface area contributed by atoms with E-state index < -0.39 is 0 Å². The van der Waals surface area contributed by atoms with Crippen LogP contribution < -0.4 is 4.90 Å². The minimum atomic E-state index is 0.0543.